The normalized spacial score (nSPS) is 15.8. The fraction of sp³-hybridized carbons (Fsp3) is 0.345. The number of rotatable bonds is 4. The summed E-state index contributed by atoms with van der Waals surface area (Å²) in [4.78, 5) is 28.2. The van der Waals surface area contributed by atoms with Gasteiger partial charge in [-0.05, 0) is 25.1 Å². The number of carboxylic acid groups (broad SMARTS) is 1. The fourth-order valence-corrected chi connectivity index (χ4v) is 5.49. The highest BCUT2D eigenvalue weighted by Gasteiger charge is 2.38. The van der Waals surface area contributed by atoms with Crippen molar-refractivity contribution in [2.75, 3.05) is 62.3 Å². The zero-order chi connectivity index (χ0) is 30.8. The number of halogens is 3. The van der Waals surface area contributed by atoms with Crippen LogP contribution in [0.25, 0.3) is 39.0 Å². The van der Waals surface area contributed by atoms with Gasteiger partial charge in [0.1, 0.15) is 23.5 Å². The quantitative estimate of drug-likeness (QED) is 0.278. The zero-order valence-electron chi connectivity index (χ0n) is 23.8. The number of morpholine rings is 1. The molecule has 2 saturated heterocycles. The molecule has 3 aromatic heterocycles. The van der Waals surface area contributed by atoms with Crippen LogP contribution in [0.2, 0.25) is 0 Å². The molecule has 0 amide bonds. The van der Waals surface area contributed by atoms with Gasteiger partial charge in [-0.1, -0.05) is 18.2 Å². The zero-order valence-corrected chi connectivity index (χ0v) is 23.8. The second kappa shape index (κ2) is 12.1. The Morgan fingerprint density at radius 1 is 1.00 bits per heavy atom. The highest BCUT2D eigenvalue weighted by molar-refractivity contribution is 5.97. The SMILES string of the molecule is Cc1nc2c(-c3ncn[nH]3)cc(N3CCOCC3)cc2n1-c1cc(N2CCNCC2)nc2ccccc12.O=C(O)C(F)(F)F. The molecule has 0 atom stereocenters. The molecule has 0 aliphatic carbocycles. The third-order valence-corrected chi connectivity index (χ3v) is 7.56. The molecule has 5 aromatic rings. The Morgan fingerprint density at radius 3 is 2.41 bits per heavy atom. The van der Waals surface area contributed by atoms with Gasteiger partial charge in [0.15, 0.2) is 5.82 Å². The number of hydrogen-bond acceptors (Lipinski definition) is 9. The number of para-hydroxylation sites is 1. The molecule has 230 valence electrons. The first-order valence-electron chi connectivity index (χ1n) is 14.1. The average molecular weight is 610 g/mol. The molecule has 0 saturated carbocycles. The second-order valence-electron chi connectivity index (χ2n) is 10.3. The number of H-pyrrole nitrogens is 1. The third kappa shape index (κ3) is 5.88. The molecule has 7 rings (SSSR count). The minimum atomic E-state index is -5.08. The number of aryl methyl sites for hydroxylation is 1. The number of aliphatic carboxylic acids is 1. The van der Waals surface area contributed by atoms with Gasteiger partial charge >= 0.3 is 12.1 Å². The summed E-state index contributed by atoms with van der Waals surface area (Å²) in [6.07, 6.45) is -3.54. The summed E-state index contributed by atoms with van der Waals surface area (Å²) >= 11 is 0. The van der Waals surface area contributed by atoms with Crippen LogP contribution in [0.3, 0.4) is 0 Å². The Morgan fingerprint density at radius 2 is 1.73 bits per heavy atom. The van der Waals surface area contributed by atoms with E-state index in [9.17, 15) is 13.2 Å². The number of piperazine rings is 1. The van der Waals surface area contributed by atoms with E-state index < -0.39 is 12.1 Å². The van der Waals surface area contributed by atoms with E-state index in [0.29, 0.717) is 5.82 Å². The summed E-state index contributed by atoms with van der Waals surface area (Å²) in [5.74, 6) is -0.132. The molecular formula is C29H30F3N9O3. The largest absolute Gasteiger partial charge is 0.490 e. The number of nitrogens with zero attached hydrogens (tertiary/aromatic N) is 7. The van der Waals surface area contributed by atoms with Crippen molar-refractivity contribution in [3.63, 3.8) is 0 Å². The van der Waals surface area contributed by atoms with Crippen molar-refractivity contribution in [3.05, 3.63) is 54.6 Å². The van der Waals surface area contributed by atoms with E-state index >= 15 is 0 Å². The van der Waals surface area contributed by atoms with Gasteiger partial charge in [-0.25, -0.2) is 19.7 Å². The Kier molecular flexibility index (Phi) is 8.05. The Labute approximate surface area is 249 Å². The van der Waals surface area contributed by atoms with E-state index in [-0.39, 0.29) is 0 Å². The maximum Gasteiger partial charge on any atom is 0.490 e. The Hall–Kier alpha value is -4.76. The van der Waals surface area contributed by atoms with Crippen LogP contribution in [0.4, 0.5) is 24.7 Å². The van der Waals surface area contributed by atoms with Crippen LogP contribution in [0.15, 0.2) is 48.8 Å². The lowest BCUT2D eigenvalue weighted by atomic mass is 10.1. The number of aromatic amines is 1. The molecule has 2 aliphatic heterocycles. The van der Waals surface area contributed by atoms with Crippen LogP contribution in [-0.4, -0.2) is 99.5 Å². The fourth-order valence-electron chi connectivity index (χ4n) is 5.49. The molecule has 0 spiro atoms. The Bertz CT molecular complexity index is 1780. The molecule has 5 heterocycles. The molecule has 15 heteroatoms. The van der Waals surface area contributed by atoms with Crippen molar-refractivity contribution < 1.29 is 27.8 Å². The maximum absolute atomic E-state index is 10.6. The first-order valence-corrected chi connectivity index (χ1v) is 14.1. The van der Waals surface area contributed by atoms with Gasteiger partial charge in [0.25, 0.3) is 0 Å². The standard InChI is InChI=1S/C27H29N9O.C2HF3O2/c1-18-31-26-21(27-29-17-30-33-27)14-19(34-10-12-37-13-11-34)15-24(26)36(18)23-16-25(35-8-6-28-7-9-35)32-22-5-3-2-4-20(22)23;3-2(4,5)1(6)7/h2-5,14-17,28H,6-13H2,1H3,(H,29,30,33);(H,6,7). The number of anilines is 2. The molecule has 2 aromatic carbocycles. The molecule has 0 unspecified atom stereocenters. The van der Waals surface area contributed by atoms with Crippen LogP contribution in [0.5, 0.6) is 0 Å². The van der Waals surface area contributed by atoms with Crippen LogP contribution in [0, 0.1) is 6.92 Å². The number of benzene rings is 2. The molecule has 0 bridgehead atoms. The number of pyridine rings is 1. The van der Waals surface area contributed by atoms with Crippen molar-refractivity contribution in [1.82, 2.24) is 35.0 Å². The minimum Gasteiger partial charge on any atom is -0.475 e. The first kappa shape index (κ1) is 29.3. The second-order valence-corrected chi connectivity index (χ2v) is 10.3. The van der Waals surface area contributed by atoms with Crippen molar-refractivity contribution in [1.29, 1.82) is 0 Å². The van der Waals surface area contributed by atoms with Gasteiger partial charge < -0.3 is 25.0 Å². The number of ether oxygens (including phenoxy) is 1. The number of carboxylic acids is 1. The van der Waals surface area contributed by atoms with E-state index in [1.165, 1.54) is 0 Å². The first-order chi connectivity index (χ1) is 21.2. The number of fused-ring (bicyclic) bond motifs is 2. The monoisotopic (exact) mass is 609 g/mol. The number of imidazole rings is 1. The topological polar surface area (TPSA) is 137 Å². The van der Waals surface area contributed by atoms with Crippen LogP contribution < -0.4 is 15.1 Å². The molecule has 2 fully saturated rings. The molecule has 44 heavy (non-hydrogen) atoms. The summed E-state index contributed by atoms with van der Waals surface area (Å²) in [6, 6.07) is 15.0. The summed E-state index contributed by atoms with van der Waals surface area (Å²) in [6.45, 7) is 8.99. The molecule has 12 nitrogen and oxygen atoms in total. The summed E-state index contributed by atoms with van der Waals surface area (Å²) in [5, 5.41) is 18.8. The van der Waals surface area contributed by atoms with E-state index in [1.54, 1.807) is 6.33 Å². The third-order valence-electron chi connectivity index (χ3n) is 7.56. The minimum absolute atomic E-state index is 0.714. The molecular weight excluding hydrogens is 579 g/mol. The number of aromatic nitrogens is 6. The number of alkyl halides is 3. The Balaban J connectivity index is 0.000000441. The summed E-state index contributed by atoms with van der Waals surface area (Å²) in [7, 11) is 0. The van der Waals surface area contributed by atoms with Crippen LogP contribution in [0.1, 0.15) is 5.82 Å². The van der Waals surface area contributed by atoms with Gasteiger partial charge in [0.2, 0.25) is 0 Å². The molecule has 0 radical (unpaired) electrons. The average Bonchev–Trinajstić information content (AvgIpc) is 3.68. The van der Waals surface area contributed by atoms with Crippen molar-refractivity contribution in [2.24, 2.45) is 0 Å². The number of hydrogen-bond donors (Lipinski definition) is 3. The van der Waals surface area contributed by atoms with Crippen molar-refractivity contribution >= 4 is 39.4 Å². The van der Waals surface area contributed by atoms with E-state index in [0.717, 1.165) is 103 Å². The van der Waals surface area contributed by atoms with E-state index in [2.05, 4.69) is 84.3 Å². The highest BCUT2D eigenvalue weighted by Crippen LogP contribution is 2.36. The van der Waals surface area contributed by atoms with Gasteiger partial charge in [-0.2, -0.15) is 18.3 Å². The lowest BCUT2D eigenvalue weighted by Gasteiger charge is -2.30. The summed E-state index contributed by atoms with van der Waals surface area (Å²) in [5.41, 5.74) is 6.07. The highest BCUT2D eigenvalue weighted by atomic mass is 19.4. The van der Waals surface area contributed by atoms with E-state index in [1.807, 2.05) is 0 Å². The van der Waals surface area contributed by atoms with Crippen molar-refractivity contribution in [3.8, 4) is 17.1 Å². The van der Waals surface area contributed by atoms with E-state index in [4.69, 9.17) is 24.6 Å². The number of carbonyl (C=O) groups is 1. The predicted octanol–water partition coefficient (Wildman–Crippen LogP) is 3.55. The lowest BCUT2D eigenvalue weighted by Crippen LogP contribution is -2.43. The predicted molar refractivity (Wildman–Crippen MR) is 158 cm³/mol. The van der Waals surface area contributed by atoms with Crippen molar-refractivity contribution in [2.45, 2.75) is 13.1 Å². The molecule has 2 aliphatic rings. The maximum atomic E-state index is 10.6. The van der Waals surface area contributed by atoms with Gasteiger partial charge in [0, 0.05) is 62.0 Å². The van der Waals surface area contributed by atoms with Gasteiger partial charge in [0.05, 0.1) is 29.9 Å². The van der Waals surface area contributed by atoms with Gasteiger partial charge in [-0.15, -0.1) is 0 Å². The number of nitrogens with one attached hydrogen (secondary N) is 2. The smallest absolute Gasteiger partial charge is 0.475 e. The van der Waals surface area contributed by atoms with Crippen LogP contribution >= 0.6 is 0 Å². The van der Waals surface area contributed by atoms with Crippen LogP contribution in [-0.2, 0) is 9.53 Å². The molecule has 3 N–H and O–H groups in total. The lowest BCUT2D eigenvalue weighted by molar-refractivity contribution is -0.192. The summed E-state index contributed by atoms with van der Waals surface area (Å²) < 4.78 is 39.6. The van der Waals surface area contributed by atoms with Gasteiger partial charge in [-0.3, -0.25) is 9.67 Å².